The Hall–Kier alpha value is -4.97. The van der Waals surface area contributed by atoms with Crippen molar-refractivity contribution in [3.8, 4) is 11.1 Å². The van der Waals surface area contributed by atoms with Crippen LogP contribution in [-0.4, -0.2) is 42.8 Å². The van der Waals surface area contributed by atoms with Crippen molar-refractivity contribution in [2.75, 3.05) is 14.2 Å². The van der Waals surface area contributed by atoms with E-state index in [1.165, 1.54) is 13.2 Å². The molecule has 1 unspecified atom stereocenters. The average molecular weight is 547 g/mol. The van der Waals surface area contributed by atoms with Gasteiger partial charge in [-0.05, 0) is 47.4 Å². The predicted octanol–water partition coefficient (Wildman–Crippen LogP) is 6.09. The van der Waals surface area contributed by atoms with Gasteiger partial charge in [0.05, 0.1) is 7.11 Å². The SMILES string of the molecule is COC(=O)C(Cc1ccc(-c2cccc(CN(C)C(=O)c3ccccc3)c2)cc1)N/C(C)=C\C(=O)c1ccccc1. The molecule has 0 radical (unpaired) electrons. The lowest BCUT2D eigenvalue weighted by Crippen LogP contribution is -2.38. The Labute approximate surface area is 241 Å². The van der Waals surface area contributed by atoms with Gasteiger partial charge >= 0.3 is 5.97 Å². The number of amides is 1. The van der Waals surface area contributed by atoms with Gasteiger partial charge in [0.15, 0.2) is 5.78 Å². The molecule has 1 amide bonds. The summed E-state index contributed by atoms with van der Waals surface area (Å²) in [7, 11) is 3.16. The molecule has 208 valence electrons. The Balaban J connectivity index is 1.42. The first kappa shape index (κ1) is 29.0. The molecule has 0 fully saturated rings. The quantitative estimate of drug-likeness (QED) is 0.140. The lowest BCUT2D eigenvalue weighted by molar-refractivity contribution is -0.142. The largest absolute Gasteiger partial charge is 0.467 e. The summed E-state index contributed by atoms with van der Waals surface area (Å²) in [4.78, 5) is 39.5. The number of ketones is 1. The fourth-order valence-electron chi connectivity index (χ4n) is 4.60. The van der Waals surface area contributed by atoms with Crippen LogP contribution in [0.25, 0.3) is 11.1 Å². The molecule has 1 N–H and O–H groups in total. The first-order valence-electron chi connectivity index (χ1n) is 13.4. The van der Waals surface area contributed by atoms with Gasteiger partial charge in [0.25, 0.3) is 5.91 Å². The van der Waals surface area contributed by atoms with Crippen molar-refractivity contribution >= 4 is 17.7 Å². The van der Waals surface area contributed by atoms with Crippen LogP contribution in [-0.2, 0) is 22.5 Å². The smallest absolute Gasteiger partial charge is 0.328 e. The lowest BCUT2D eigenvalue weighted by atomic mass is 9.99. The van der Waals surface area contributed by atoms with Gasteiger partial charge in [0, 0.05) is 42.9 Å². The van der Waals surface area contributed by atoms with Crippen molar-refractivity contribution < 1.29 is 19.1 Å². The number of nitrogens with one attached hydrogen (secondary N) is 1. The third-order valence-corrected chi connectivity index (χ3v) is 6.73. The second-order valence-corrected chi connectivity index (χ2v) is 9.91. The topological polar surface area (TPSA) is 75.7 Å². The highest BCUT2D eigenvalue weighted by atomic mass is 16.5. The van der Waals surface area contributed by atoms with E-state index in [1.807, 2.05) is 91.0 Å². The number of hydrogen-bond donors (Lipinski definition) is 1. The zero-order chi connectivity index (χ0) is 29.2. The Morgan fingerprint density at radius 1 is 0.780 bits per heavy atom. The summed E-state index contributed by atoms with van der Waals surface area (Å²) in [5, 5.41) is 3.14. The van der Waals surface area contributed by atoms with Crippen LogP contribution in [0.3, 0.4) is 0 Å². The third kappa shape index (κ3) is 8.02. The van der Waals surface area contributed by atoms with Crippen molar-refractivity contribution in [1.29, 1.82) is 0 Å². The second-order valence-electron chi connectivity index (χ2n) is 9.91. The van der Waals surface area contributed by atoms with E-state index in [0.717, 1.165) is 22.3 Å². The zero-order valence-electron chi connectivity index (χ0n) is 23.5. The molecule has 4 aromatic rings. The van der Waals surface area contributed by atoms with E-state index in [1.54, 1.807) is 31.0 Å². The standard InChI is InChI=1S/C35H34N2O4/c1-25(21-33(38)29-12-6-4-7-13-29)36-32(35(40)41-3)23-26-17-19-28(20-18-26)31-16-10-11-27(22-31)24-37(2)34(39)30-14-8-5-9-15-30/h4-22,32,36H,23-24H2,1-3H3/b25-21-. The van der Waals surface area contributed by atoms with E-state index in [4.69, 9.17) is 4.74 Å². The number of carbonyl (C=O) groups is 3. The van der Waals surface area contributed by atoms with Gasteiger partial charge in [0.2, 0.25) is 0 Å². The summed E-state index contributed by atoms with van der Waals surface area (Å²) < 4.78 is 5.02. The number of hydrogen-bond acceptors (Lipinski definition) is 5. The fourth-order valence-corrected chi connectivity index (χ4v) is 4.60. The number of esters is 1. The molecule has 6 nitrogen and oxygen atoms in total. The lowest BCUT2D eigenvalue weighted by Gasteiger charge is -2.19. The number of nitrogens with zero attached hydrogens (tertiary/aromatic N) is 1. The number of rotatable bonds is 11. The zero-order valence-corrected chi connectivity index (χ0v) is 23.5. The normalized spacial score (nSPS) is 11.8. The molecule has 4 aromatic carbocycles. The van der Waals surface area contributed by atoms with Crippen LogP contribution < -0.4 is 5.32 Å². The van der Waals surface area contributed by atoms with Gasteiger partial charge in [-0.3, -0.25) is 9.59 Å². The van der Waals surface area contributed by atoms with Crippen molar-refractivity contribution in [2.24, 2.45) is 0 Å². The third-order valence-electron chi connectivity index (χ3n) is 6.73. The van der Waals surface area contributed by atoms with Crippen LogP contribution in [0.15, 0.2) is 121 Å². The Kier molecular flexibility index (Phi) is 9.84. The van der Waals surface area contributed by atoms with Gasteiger partial charge in [-0.2, -0.15) is 0 Å². The van der Waals surface area contributed by atoms with Crippen molar-refractivity contribution in [1.82, 2.24) is 10.2 Å². The molecule has 4 rings (SSSR count). The van der Waals surface area contributed by atoms with E-state index in [2.05, 4.69) is 11.4 Å². The van der Waals surface area contributed by atoms with E-state index in [0.29, 0.717) is 29.8 Å². The minimum Gasteiger partial charge on any atom is -0.467 e. The Morgan fingerprint density at radius 2 is 1.41 bits per heavy atom. The van der Waals surface area contributed by atoms with Crippen molar-refractivity contribution in [2.45, 2.75) is 25.9 Å². The molecular formula is C35H34N2O4. The Bertz CT molecular complexity index is 1510. The minimum absolute atomic E-state index is 0.0244. The molecular weight excluding hydrogens is 512 g/mol. The first-order valence-corrected chi connectivity index (χ1v) is 13.4. The van der Waals surface area contributed by atoms with Crippen LogP contribution in [0.4, 0.5) is 0 Å². The molecule has 6 heteroatoms. The summed E-state index contributed by atoms with van der Waals surface area (Å²) in [5.41, 5.74) is 5.87. The molecule has 1 atom stereocenters. The summed E-state index contributed by atoms with van der Waals surface area (Å²) in [5.74, 6) is -0.569. The van der Waals surface area contributed by atoms with Gasteiger partial charge in [-0.1, -0.05) is 91.0 Å². The van der Waals surface area contributed by atoms with E-state index in [-0.39, 0.29) is 11.7 Å². The summed E-state index contributed by atoms with van der Waals surface area (Å²) >= 11 is 0. The van der Waals surface area contributed by atoms with Crippen LogP contribution in [0.5, 0.6) is 0 Å². The molecule has 0 bridgehead atoms. The molecule has 0 aliphatic rings. The van der Waals surface area contributed by atoms with Crippen LogP contribution in [0.2, 0.25) is 0 Å². The fraction of sp³-hybridized carbons (Fsp3) is 0.171. The highest BCUT2D eigenvalue weighted by molar-refractivity contribution is 6.04. The number of benzene rings is 4. The van der Waals surface area contributed by atoms with Gasteiger partial charge in [0.1, 0.15) is 6.04 Å². The molecule has 0 aromatic heterocycles. The van der Waals surface area contributed by atoms with E-state index >= 15 is 0 Å². The predicted molar refractivity (Wildman–Crippen MR) is 161 cm³/mol. The monoisotopic (exact) mass is 546 g/mol. The average Bonchev–Trinajstić information content (AvgIpc) is 3.01. The van der Waals surface area contributed by atoms with Crippen LogP contribution in [0.1, 0.15) is 38.8 Å². The van der Waals surface area contributed by atoms with E-state index in [9.17, 15) is 14.4 Å². The highest BCUT2D eigenvalue weighted by Gasteiger charge is 2.20. The van der Waals surface area contributed by atoms with Crippen molar-refractivity contribution in [3.05, 3.63) is 143 Å². The summed E-state index contributed by atoms with van der Waals surface area (Å²) in [6.45, 7) is 2.25. The highest BCUT2D eigenvalue weighted by Crippen LogP contribution is 2.23. The minimum atomic E-state index is -0.647. The molecule has 41 heavy (non-hydrogen) atoms. The second kappa shape index (κ2) is 13.9. The summed E-state index contributed by atoms with van der Waals surface area (Å²) in [6.07, 6.45) is 1.89. The molecule has 0 aliphatic carbocycles. The maximum Gasteiger partial charge on any atom is 0.328 e. The number of carbonyl (C=O) groups excluding carboxylic acids is 3. The van der Waals surface area contributed by atoms with Gasteiger partial charge in [-0.25, -0.2) is 4.79 Å². The van der Waals surface area contributed by atoms with E-state index < -0.39 is 12.0 Å². The van der Waals surface area contributed by atoms with Crippen LogP contribution >= 0.6 is 0 Å². The number of allylic oxidation sites excluding steroid dienone is 2. The van der Waals surface area contributed by atoms with Gasteiger partial charge < -0.3 is 15.0 Å². The van der Waals surface area contributed by atoms with Crippen LogP contribution in [0, 0.1) is 0 Å². The first-order chi connectivity index (χ1) is 19.8. The molecule has 0 saturated carbocycles. The number of ether oxygens (including phenoxy) is 1. The Morgan fingerprint density at radius 3 is 2.05 bits per heavy atom. The maximum atomic E-state index is 12.8. The number of methoxy groups -OCH3 is 1. The van der Waals surface area contributed by atoms with Crippen molar-refractivity contribution in [3.63, 3.8) is 0 Å². The summed E-state index contributed by atoms with van der Waals surface area (Å²) in [6, 6.07) is 33.7. The molecule has 0 heterocycles. The molecule has 0 aliphatic heterocycles. The van der Waals surface area contributed by atoms with Gasteiger partial charge in [-0.15, -0.1) is 0 Å². The molecule has 0 saturated heterocycles. The molecule has 0 spiro atoms. The maximum absolute atomic E-state index is 12.8.